The quantitative estimate of drug-likeness (QED) is 0.364. The molecular weight excluding hydrogens is 458 g/mol. The first-order chi connectivity index (χ1) is 15.6. The Morgan fingerprint density at radius 3 is 2.78 bits per heavy atom. The zero-order valence-electron chi connectivity index (χ0n) is 17.9. The molecule has 0 bridgehead atoms. The average molecular weight is 482 g/mol. The van der Waals surface area contributed by atoms with Crippen LogP contribution in [-0.4, -0.2) is 31.4 Å². The number of benzene rings is 1. The molecule has 4 aromatic rings. The number of nitrogens with zero attached hydrogens (tertiary/aromatic N) is 4. The molecule has 1 aliphatic rings. The first-order valence-corrected chi connectivity index (χ1v) is 13.3. The maximum atomic E-state index is 12.5. The number of hydrogen-bond donors (Lipinski definition) is 1. The second-order valence-electron chi connectivity index (χ2n) is 7.86. The van der Waals surface area contributed by atoms with Crippen molar-refractivity contribution in [2.45, 2.75) is 37.8 Å². The molecule has 0 spiro atoms. The predicted molar refractivity (Wildman–Crippen MR) is 133 cm³/mol. The molecule has 0 saturated carbocycles. The van der Waals surface area contributed by atoms with Crippen LogP contribution in [0.5, 0.6) is 0 Å². The summed E-state index contributed by atoms with van der Waals surface area (Å²) in [6.07, 6.45) is 4.79. The number of rotatable bonds is 6. The summed E-state index contributed by atoms with van der Waals surface area (Å²) in [6, 6.07) is 8.21. The summed E-state index contributed by atoms with van der Waals surface area (Å²) in [5, 5.41) is 17.2. The number of aryl methyl sites for hydroxylation is 2. The Balaban J connectivity index is 1.22. The molecule has 0 unspecified atom stereocenters. The van der Waals surface area contributed by atoms with Crippen molar-refractivity contribution < 1.29 is 4.79 Å². The molecule has 1 N–H and O–H groups in total. The number of carbonyl (C=O) groups excluding carboxylic acids is 1. The van der Waals surface area contributed by atoms with Crippen LogP contribution in [0.4, 0.5) is 5.13 Å². The van der Waals surface area contributed by atoms with Gasteiger partial charge in [-0.25, -0.2) is 4.98 Å². The fraction of sp³-hybridized carbons (Fsp3) is 0.304. The lowest BCUT2D eigenvalue weighted by Crippen LogP contribution is -2.14. The molecule has 1 aromatic carbocycles. The van der Waals surface area contributed by atoms with Crippen LogP contribution >= 0.6 is 34.4 Å². The molecule has 0 saturated heterocycles. The van der Waals surface area contributed by atoms with Crippen molar-refractivity contribution in [1.29, 1.82) is 0 Å². The topological polar surface area (TPSA) is 72.7 Å². The minimum Gasteiger partial charge on any atom is -0.305 e. The second-order valence-corrected chi connectivity index (χ2v) is 10.6. The van der Waals surface area contributed by atoms with Gasteiger partial charge in [0.1, 0.15) is 0 Å². The van der Waals surface area contributed by atoms with E-state index in [2.05, 4.69) is 44.9 Å². The van der Waals surface area contributed by atoms with Gasteiger partial charge in [-0.15, -0.1) is 32.9 Å². The van der Waals surface area contributed by atoms with E-state index < -0.39 is 0 Å². The molecule has 0 aliphatic heterocycles. The fourth-order valence-corrected chi connectivity index (χ4v) is 6.40. The van der Waals surface area contributed by atoms with E-state index in [1.165, 1.54) is 63.9 Å². The van der Waals surface area contributed by atoms with E-state index in [0.717, 1.165) is 28.7 Å². The number of thioether (sulfide) groups is 1. The smallest absolute Gasteiger partial charge is 0.236 e. The van der Waals surface area contributed by atoms with Crippen molar-refractivity contribution in [1.82, 2.24) is 19.7 Å². The summed E-state index contributed by atoms with van der Waals surface area (Å²) in [4.78, 5) is 18.5. The molecule has 3 heterocycles. The standard InChI is InChI=1S/C23H23N5OS3/c1-14-7-9-15(10-8-14)18-12-31-22(24-18)25-20(29)13-32-23-27-26-21(28(23)2)17-11-30-19-6-4-3-5-16(17)19/h7-12H,3-6,13H2,1-2H3,(H,24,25,29). The van der Waals surface area contributed by atoms with Crippen molar-refractivity contribution >= 4 is 45.5 Å². The number of anilines is 1. The minimum atomic E-state index is -0.0998. The number of amides is 1. The summed E-state index contributed by atoms with van der Waals surface area (Å²) in [5.74, 6) is 1.04. The fourth-order valence-electron chi connectivity index (χ4n) is 3.83. The van der Waals surface area contributed by atoms with Crippen LogP contribution < -0.4 is 5.32 Å². The van der Waals surface area contributed by atoms with Gasteiger partial charge in [-0.05, 0) is 38.2 Å². The van der Waals surface area contributed by atoms with Gasteiger partial charge in [0.25, 0.3) is 0 Å². The van der Waals surface area contributed by atoms with E-state index in [0.29, 0.717) is 5.13 Å². The Hall–Kier alpha value is -2.49. The van der Waals surface area contributed by atoms with Gasteiger partial charge < -0.3 is 9.88 Å². The second kappa shape index (κ2) is 9.17. The molecule has 3 aromatic heterocycles. The summed E-state index contributed by atoms with van der Waals surface area (Å²) >= 11 is 4.65. The van der Waals surface area contributed by atoms with Gasteiger partial charge in [-0.2, -0.15) is 0 Å². The number of fused-ring (bicyclic) bond motifs is 1. The Kier molecular flexibility index (Phi) is 6.12. The van der Waals surface area contributed by atoms with Gasteiger partial charge in [0.15, 0.2) is 16.1 Å². The molecule has 6 nitrogen and oxygen atoms in total. The van der Waals surface area contributed by atoms with E-state index in [1.54, 1.807) is 0 Å². The zero-order valence-corrected chi connectivity index (χ0v) is 20.4. The van der Waals surface area contributed by atoms with Gasteiger partial charge in [0.2, 0.25) is 5.91 Å². The summed E-state index contributed by atoms with van der Waals surface area (Å²) < 4.78 is 1.99. The number of aromatic nitrogens is 4. The number of nitrogens with one attached hydrogen (secondary N) is 1. The first kappa shape index (κ1) is 21.4. The molecule has 5 rings (SSSR count). The predicted octanol–water partition coefficient (Wildman–Crippen LogP) is 5.59. The van der Waals surface area contributed by atoms with Gasteiger partial charge in [0.05, 0.1) is 11.4 Å². The summed E-state index contributed by atoms with van der Waals surface area (Å²) in [7, 11) is 1.97. The molecule has 9 heteroatoms. The van der Waals surface area contributed by atoms with E-state index in [4.69, 9.17) is 0 Å². The molecule has 1 aliphatic carbocycles. The molecule has 32 heavy (non-hydrogen) atoms. The number of thiazole rings is 1. The highest BCUT2D eigenvalue weighted by Crippen LogP contribution is 2.36. The summed E-state index contributed by atoms with van der Waals surface area (Å²) in [6.45, 7) is 2.06. The number of thiophene rings is 1. The Labute approximate surface area is 199 Å². The van der Waals surface area contributed by atoms with Gasteiger partial charge in [-0.3, -0.25) is 4.79 Å². The highest BCUT2D eigenvalue weighted by atomic mass is 32.2. The van der Waals surface area contributed by atoms with Gasteiger partial charge >= 0.3 is 0 Å². The maximum Gasteiger partial charge on any atom is 0.236 e. The molecule has 164 valence electrons. The van der Waals surface area contributed by atoms with Crippen LogP contribution in [0, 0.1) is 6.92 Å². The van der Waals surface area contributed by atoms with Gasteiger partial charge in [0, 0.05) is 33.8 Å². The Bertz CT molecular complexity index is 1260. The Morgan fingerprint density at radius 1 is 1.12 bits per heavy atom. The van der Waals surface area contributed by atoms with Crippen LogP contribution in [0.2, 0.25) is 0 Å². The Morgan fingerprint density at radius 2 is 1.94 bits per heavy atom. The third kappa shape index (κ3) is 4.37. The first-order valence-electron chi connectivity index (χ1n) is 10.5. The van der Waals surface area contributed by atoms with Crippen molar-refractivity contribution in [3.05, 3.63) is 51.0 Å². The number of hydrogen-bond acceptors (Lipinski definition) is 7. The van der Waals surface area contributed by atoms with Crippen LogP contribution in [-0.2, 0) is 24.7 Å². The molecule has 0 radical (unpaired) electrons. The third-order valence-corrected chi connectivity index (χ3v) is 8.43. The van der Waals surface area contributed by atoms with Crippen LogP contribution in [0.15, 0.2) is 40.2 Å². The lowest BCUT2D eigenvalue weighted by molar-refractivity contribution is -0.113. The van der Waals surface area contributed by atoms with Crippen LogP contribution in [0.1, 0.15) is 28.8 Å². The SMILES string of the molecule is Cc1ccc(-c2csc(NC(=O)CSc3nnc(-c4csc5c4CCCC5)n3C)n2)cc1. The largest absolute Gasteiger partial charge is 0.305 e. The monoisotopic (exact) mass is 481 g/mol. The average Bonchev–Trinajstić information content (AvgIpc) is 3.52. The molecule has 0 fully saturated rings. The molecule has 1 amide bonds. The summed E-state index contributed by atoms with van der Waals surface area (Å²) in [5.41, 5.74) is 5.75. The van der Waals surface area contributed by atoms with Crippen LogP contribution in [0.3, 0.4) is 0 Å². The maximum absolute atomic E-state index is 12.5. The molecular formula is C23H23N5OS3. The lowest BCUT2D eigenvalue weighted by Gasteiger charge is -2.12. The van der Waals surface area contributed by atoms with E-state index in [9.17, 15) is 4.79 Å². The van der Waals surface area contributed by atoms with Crippen molar-refractivity contribution in [3.8, 4) is 22.6 Å². The minimum absolute atomic E-state index is 0.0998. The third-order valence-electron chi connectivity index (χ3n) is 5.57. The van der Waals surface area contributed by atoms with E-state index >= 15 is 0 Å². The van der Waals surface area contributed by atoms with Crippen LogP contribution in [0.25, 0.3) is 22.6 Å². The van der Waals surface area contributed by atoms with E-state index in [1.807, 2.05) is 40.5 Å². The van der Waals surface area contributed by atoms with Crippen molar-refractivity contribution in [2.24, 2.45) is 7.05 Å². The normalized spacial score (nSPS) is 13.2. The molecule has 0 atom stereocenters. The van der Waals surface area contributed by atoms with Gasteiger partial charge in [-0.1, -0.05) is 41.6 Å². The highest BCUT2D eigenvalue weighted by molar-refractivity contribution is 7.99. The number of carbonyl (C=O) groups is 1. The van der Waals surface area contributed by atoms with E-state index in [-0.39, 0.29) is 11.7 Å². The lowest BCUT2D eigenvalue weighted by atomic mass is 9.96. The zero-order chi connectivity index (χ0) is 22.1. The highest BCUT2D eigenvalue weighted by Gasteiger charge is 2.21. The van der Waals surface area contributed by atoms with Crippen molar-refractivity contribution in [2.75, 3.05) is 11.1 Å². The van der Waals surface area contributed by atoms with Crippen molar-refractivity contribution in [3.63, 3.8) is 0 Å².